The number of ether oxygens (including phenoxy) is 1. The highest BCUT2D eigenvalue weighted by atomic mass is 79.9. The first kappa shape index (κ1) is 23.4. The molecule has 4 rings (SSSR count). The first-order valence-corrected chi connectivity index (χ1v) is 10.9. The number of cyclic esters (lactones) is 1. The second kappa shape index (κ2) is 9.05. The molecule has 2 aliphatic heterocycles. The zero-order valence-electron chi connectivity index (χ0n) is 17.5. The van der Waals surface area contributed by atoms with E-state index in [4.69, 9.17) is 4.74 Å². The van der Waals surface area contributed by atoms with Crippen molar-refractivity contribution >= 4 is 33.6 Å². The van der Waals surface area contributed by atoms with Gasteiger partial charge in [-0.3, -0.25) is 9.20 Å². The normalized spacial score (nSPS) is 17.6. The molecule has 0 N–H and O–H groups in total. The molecule has 2 aromatic heterocycles. The average molecular weight is 505 g/mol. The highest BCUT2D eigenvalue weighted by Crippen LogP contribution is 2.35. The summed E-state index contributed by atoms with van der Waals surface area (Å²) < 4.78 is 46.6. The molecule has 0 atom stereocenters. The first-order valence-electron chi connectivity index (χ1n) is 10.1. The summed E-state index contributed by atoms with van der Waals surface area (Å²) in [6, 6.07) is 1.02. The minimum atomic E-state index is -4.58. The lowest BCUT2D eigenvalue weighted by molar-refractivity contribution is -0.136. The molecule has 2 aromatic rings. The topological polar surface area (TPSA) is 67.2 Å². The van der Waals surface area contributed by atoms with Crippen molar-refractivity contribution in [2.75, 3.05) is 26.2 Å². The van der Waals surface area contributed by atoms with Gasteiger partial charge in [0.15, 0.2) is 11.3 Å². The van der Waals surface area contributed by atoms with E-state index in [1.54, 1.807) is 16.7 Å². The Hall–Kier alpha value is -2.30. The lowest BCUT2D eigenvalue weighted by Crippen LogP contribution is -2.47. The van der Waals surface area contributed by atoms with Gasteiger partial charge in [0, 0.05) is 25.3 Å². The lowest BCUT2D eigenvalue weighted by Gasteiger charge is -2.35. The van der Waals surface area contributed by atoms with Crippen LogP contribution in [-0.4, -0.2) is 63.5 Å². The molecule has 2 saturated heterocycles. The Morgan fingerprint density at radius 1 is 1.23 bits per heavy atom. The number of amides is 2. The molecule has 2 fully saturated rings. The van der Waals surface area contributed by atoms with Crippen molar-refractivity contribution in [3.05, 3.63) is 33.7 Å². The van der Waals surface area contributed by atoms with Crippen molar-refractivity contribution in [2.24, 2.45) is 0 Å². The number of pyridine rings is 1. The predicted molar refractivity (Wildman–Crippen MR) is 111 cm³/mol. The van der Waals surface area contributed by atoms with Crippen LogP contribution in [0.15, 0.2) is 16.9 Å². The van der Waals surface area contributed by atoms with Crippen molar-refractivity contribution in [2.45, 2.75) is 45.8 Å². The quantitative estimate of drug-likeness (QED) is 0.603. The highest BCUT2D eigenvalue weighted by Gasteiger charge is 2.37. The van der Waals surface area contributed by atoms with E-state index in [2.05, 4.69) is 20.9 Å². The van der Waals surface area contributed by atoms with Crippen molar-refractivity contribution in [1.29, 1.82) is 0 Å². The molecular weight excluding hydrogens is 481 g/mol. The van der Waals surface area contributed by atoms with Crippen LogP contribution in [0.4, 0.5) is 18.0 Å². The molecule has 2 aliphatic rings. The van der Waals surface area contributed by atoms with E-state index in [0.717, 1.165) is 6.07 Å². The Morgan fingerprint density at radius 3 is 2.42 bits per heavy atom. The van der Waals surface area contributed by atoms with Gasteiger partial charge >= 0.3 is 12.3 Å². The molecule has 31 heavy (non-hydrogen) atoms. The van der Waals surface area contributed by atoms with Gasteiger partial charge in [0.25, 0.3) is 5.91 Å². The molecule has 2 amide bonds. The van der Waals surface area contributed by atoms with Crippen LogP contribution in [0.3, 0.4) is 0 Å². The molecule has 0 aliphatic carbocycles. The van der Waals surface area contributed by atoms with Crippen LogP contribution in [0.2, 0.25) is 0 Å². The Kier molecular flexibility index (Phi) is 6.82. The summed E-state index contributed by atoms with van der Waals surface area (Å²) in [4.78, 5) is 31.9. The zero-order valence-corrected chi connectivity index (χ0v) is 19.1. The number of carbonyl (C=O) groups excluding carboxylic acids is 2. The van der Waals surface area contributed by atoms with Crippen LogP contribution in [0, 0.1) is 6.92 Å². The summed E-state index contributed by atoms with van der Waals surface area (Å²) in [7, 11) is 0. The second-order valence-corrected chi connectivity index (χ2v) is 7.96. The number of halogens is 4. The summed E-state index contributed by atoms with van der Waals surface area (Å²) in [5.74, 6) is -0.436. The number of likely N-dealkylation sites (tertiary alicyclic amines) is 1. The van der Waals surface area contributed by atoms with Gasteiger partial charge < -0.3 is 14.5 Å². The van der Waals surface area contributed by atoms with Crippen LogP contribution >= 0.6 is 15.9 Å². The SMILES string of the molecule is CC.Cc1cc(C(F)(F)F)c2nc(C(=O)N3CCC(N4CCOC4=O)CC3)c(Br)n2c1. The largest absolute Gasteiger partial charge is 0.448 e. The summed E-state index contributed by atoms with van der Waals surface area (Å²) >= 11 is 3.24. The van der Waals surface area contributed by atoms with Gasteiger partial charge in [-0.05, 0) is 47.3 Å². The first-order chi connectivity index (χ1) is 14.7. The van der Waals surface area contributed by atoms with E-state index >= 15 is 0 Å². The van der Waals surface area contributed by atoms with Gasteiger partial charge in [0.2, 0.25) is 0 Å². The minimum Gasteiger partial charge on any atom is -0.448 e. The molecule has 11 heteroatoms. The van der Waals surface area contributed by atoms with Crippen LogP contribution < -0.4 is 0 Å². The van der Waals surface area contributed by atoms with Crippen LogP contribution in [-0.2, 0) is 10.9 Å². The maximum atomic E-state index is 13.4. The van der Waals surface area contributed by atoms with E-state index < -0.39 is 17.6 Å². The molecule has 0 aromatic carbocycles. The summed E-state index contributed by atoms with van der Waals surface area (Å²) in [6.07, 6.45) is -2.25. The summed E-state index contributed by atoms with van der Waals surface area (Å²) in [5.41, 5.74) is -0.850. The molecule has 0 spiro atoms. The number of nitrogens with zero attached hydrogens (tertiary/aromatic N) is 4. The number of imidazole rings is 1. The Labute approximate surface area is 186 Å². The summed E-state index contributed by atoms with van der Waals surface area (Å²) in [5, 5.41) is 0. The van der Waals surface area contributed by atoms with Gasteiger partial charge in [-0.15, -0.1) is 0 Å². The van der Waals surface area contributed by atoms with E-state index in [0.29, 0.717) is 44.6 Å². The third-order valence-corrected chi connectivity index (χ3v) is 6.05. The van der Waals surface area contributed by atoms with Crippen LogP contribution in [0.5, 0.6) is 0 Å². The van der Waals surface area contributed by atoms with Crippen molar-refractivity contribution in [3.8, 4) is 0 Å². The number of hydrogen-bond acceptors (Lipinski definition) is 4. The molecule has 4 heterocycles. The van der Waals surface area contributed by atoms with Gasteiger partial charge in [0.1, 0.15) is 11.2 Å². The fourth-order valence-electron chi connectivity index (χ4n) is 3.87. The molecular formula is C20H24BrF3N4O3. The van der Waals surface area contributed by atoms with E-state index in [-0.39, 0.29) is 28.1 Å². The predicted octanol–water partition coefficient (Wildman–Crippen LogP) is 4.51. The average Bonchev–Trinajstić information content (AvgIpc) is 3.31. The Bertz CT molecular complexity index is 984. The van der Waals surface area contributed by atoms with Gasteiger partial charge in [-0.25, -0.2) is 9.78 Å². The zero-order chi connectivity index (χ0) is 22.9. The van der Waals surface area contributed by atoms with Crippen molar-refractivity contribution in [3.63, 3.8) is 0 Å². The number of aromatic nitrogens is 2. The van der Waals surface area contributed by atoms with Gasteiger partial charge in [0.05, 0.1) is 12.1 Å². The fraction of sp³-hybridized carbons (Fsp3) is 0.550. The Balaban J connectivity index is 0.00000132. The van der Waals surface area contributed by atoms with Crippen molar-refractivity contribution in [1.82, 2.24) is 19.2 Å². The molecule has 7 nitrogen and oxygen atoms in total. The van der Waals surface area contributed by atoms with Crippen molar-refractivity contribution < 1.29 is 27.5 Å². The minimum absolute atomic E-state index is 0.00181. The van der Waals surface area contributed by atoms with Crippen LogP contribution in [0.1, 0.15) is 48.3 Å². The second-order valence-electron chi connectivity index (χ2n) is 7.20. The monoisotopic (exact) mass is 504 g/mol. The van der Waals surface area contributed by atoms with Gasteiger partial charge in [-0.1, -0.05) is 13.8 Å². The molecule has 170 valence electrons. The smallest absolute Gasteiger partial charge is 0.419 e. The maximum absolute atomic E-state index is 13.4. The fourth-order valence-corrected chi connectivity index (χ4v) is 4.39. The number of rotatable bonds is 2. The molecule has 0 bridgehead atoms. The lowest BCUT2D eigenvalue weighted by atomic mass is 10.0. The van der Waals surface area contributed by atoms with E-state index in [1.807, 2.05) is 13.8 Å². The van der Waals surface area contributed by atoms with Crippen LogP contribution in [0.25, 0.3) is 5.65 Å². The number of carbonyl (C=O) groups is 2. The third kappa shape index (κ3) is 4.51. The molecule has 0 unspecified atom stereocenters. The van der Waals surface area contributed by atoms with E-state index in [1.165, 1.54) is 10.6 Å². The van der Waals surface area contributed by atoms with Gasteiger partial charge in [-0.2, -0.15) is 13.2 Å². The standard InChI is InChI=1S/C18H18BrF3N4O3.C2H6/c1-10-8-12(18(20,21)22)15-23-13(14(19)26(15)9-10)16(27)24-4-2-11(3-5-24)25-6-7-29-17(25)28;1-2/h8-9,11H,2-7H2,1H3;1-2H3. The number of alkyl halides is 3. The molecule has 0 saturated carbocycles. The summed E-state index contributed by atoms with van der Waals surface area (Å²) in [6.45, 7) is 7.23. The highest BCUT2D eigenvalue weighted by molar-refractivity contribution is 9.10. The number of hydrogen-bond donors (Lipinski definition) is 0. The molecule has 0 radical (unpaired) electrons. The number of fused-ring (bicyclic) bond motifs is 1. The number of piperidine rings is 1. The third-order valence-electron chi connectivity index (χ3n) is 5.29. The Morgan fingerprint density at radius 2 is 1.87 bits per heavy atom. The van der Waals surface area contributed by atoms with E-state index in [9.17, 15) is 22.8 Å². The number of aryl methyl sites for hydroxylation is 1. The maximum Gasteiger partial charge on any atom is 0.419 e.